The number of H-pyrrole nitrogens is 2. The summed E-state index contributed by atoms with van der Waals surface area (Å²) in [5, 5.41) is 5.94. The van der Waals surface area contributed by atoms with Crippen molar-refractivity contribution in [1.29, 1.82) is 0 Å². The molecule has 1 aromatic carbocycles. The number of rotatable bonds is 0. The predicted molar refractivity (Wildman–Crippen MR) is 78.8 cm³/mol. The standard InChI is InChI=1S/C14H10N4S/c1-3-9-12-10(4-1)19-11-5-2-7-17(13(11)12)16-18-8-6-15-14(9)18/h1-8,15-16H. The molecule has 0 spiro atoms. The van der Waals surface area contributed by atoms with Crippen LogP contribution in [0, 0.1) is 0 Å². The monoisotopic (exact) mass is 266 g/mol. The van der Waals surface area contributed by atoms with Gasteiger partial charge in [0.05, 0.1) is 10.2 Å². The lowest BCUT2D eigenvalue weighted by Crippen LogP contribution is -1.94. The summed E-state index contributed by atoms with van der Waals surface area (Å²) in [5.74, 6) is 0. The van der Waals surface area contributed by atoms with Gasteiger partial charge in [-0.1, -0.05) is 12.1 Å². The van der Waals surface area contributed by atoms with Crippen molar-refractivity contribution in [3.8, 4) is 0 Å². The first-order valence-corrected chi connectivity index (χ1v) is 6.96. The van der Waals surface area contributed by atoms with Crippen molar-refractivity contribution in [1.82, 2.24) is 19.2 Å². The number of benzene rings is 1. The zero-order chi connectivity index (χ0) is 12.4. The number of aromatic nitrogens is 4. The predicted octanol–water partition coefficient (Wildman–Crippen LogP) is 3.78. The Morgan fingerprint density at radius 3 is 2.89 bits per heavy atom. The minimum absolute atomic E-state index is 1.08. The van der Waals surface area contributed by atoms with E-state index in [1.54, 1.807) is 0 Å². The van der Waals surface area contributed by atoms with Crippen molar-refractivity contribution in [3.05, 3.63) is 48.9 Å². The average Bonchev–Trinajstić information content (AvgIpc) is 2.99. The van der Waals surface area contributed by atoms with E-state index in [0.29, 0.717) is 0 Å². The van der Waals surface area contributed by atoms with Crippen molar-refractivity contribution in [2.75, 3.05) is 0 Å². The first kappa shape index (κ1) is 9.52. The smallest absolute Gasteiger partial charge is 0.138 e. The molecule has 19 heavy (non-hydrogen) atoms. The third kappa shape index (κ3) is 1.08. The van der Waals surface area contributed by atoms with E-state index in [2.05, 4.69) is 51.2 Å². The van der Waals surface area contributed by atoms with E-state index in [1.807, 2.05) is 28.2 Å². The summed E-state index contributed by atoms with van der Waals surface area (Å²) in [7, 11) is 0. The van der Waals surface area contributed by atoms with Gasteiger partial charge in [-0.15, -0.1) is 11.3 Å². The lowest BCUT2D eigenvalue weighted by atomic mass is 10.1. The SMILES string of the molecule is c1cc2sc3cccn4[nH]n5cc[nH]c5c(c1)c2c34. The number of thiophene rings is 1. The normalized spacial score (nSPS) is 12.2. The Bertz CT molecular complexity index is 1070. The fourth-order valence-electron chi connectivity index (χ4n) is 2.82. The number of aromatic amines is 2. The number of hydrogen-bond acceptors (Lipinski definition) is 1. The summed E-state index contributed by atoms with van der Waals surface area (Å²) >= 11 is 1.83. The molecular formula is C14H10N4S. The summed E-state index contributed by atoms with van der Waals surface area (Å²) in [6.45, 7) is 0. The minimum atomic E-state index is 1.08. The molecule has 0 unspecified atom stereocenters. The van der Waals surface area contributed by atoms with Crippen LogP contribution < -0.4 is 0 Å². The molecule has 0 aliphatic carbocycles. The largest absolute Gasteiger partial charge is 0.345 e. The van der Waals surface area contributed by atoms with Crippen LogP contribution in [0.5, 0.6) is 0 Å². The highest BCUT2D eigenvalue weighted by molar-refractivity contribution is 7.25. The molecule has 0 fully saturated rings. The van der Waals surface area contributed by atoms with Crippen LogP contribution in [-0.4, -0.2) is 19.2 Å². The van der Waals surface area contributed by atoms with Gasteiger partial charge in [0.25, 0.3) is 0 Å². The van der Waals surface area contributed by atoms with E-state index in [-0.39, 0.29) is 0 Å². The Balaban J connectivity index is 2.35. The van der Waals surface area contributed by atoms with E-state index in [9.17, 15) is 0 Å². The third-order valence-electron chi connectivity index (χ3n) is 3.60. The maximum atomic E-state index is 3.39. The van der Waals surface area contributed by atoms with Gasteiger partial charge in [0, 0.05) is 34.1 Å². The zero-order valence-electron chi connectivity index (χ0n) is 9.92. The van der Waals surface area contributed by atoms with Gasteiger partial charge in [-0.25, -0.2) is 14.2 Å². The van der Waals surface area contributed by atoms with E-state index in [1.165, 1.54) is 25.7 Å². The van der Waals surface area contributed by atoms with Gasteiger partial charge in [-0.3, -0.25) is 0 Å². The molecule has 4 heterocycles. The molecule has 0 atom stereocenters. The molecule has 4 aromatic heterocycles. The summed E-state index contributed by atoms with van der Waals surface area (Å²) in [6, 6.07) is 10.7. The van der Waals surface area contributed by atoms with Crippen LogP contribution in [0.4, 0.5) is 0 Å². The molecule has 92 valence electrons. The molecule has 0 saturated carbocycles. The molecule has 5 aromatic rings. The number of pyridine rings is 1. The molecule has 2 N–H and O–H groups in total. The maximum Gasteiger partial charge on any atom is 0.138 e. The fraction of sp³-hybridized carbons (Fsp3) is 0. The van der Waals surface area contributed by atoms with Gasteiger partial charge in [-0.05, 0) is 18.2 Å². The summed E-state index contributed by atoms with van der Waals surface area (Å²) in [4.78, 5) is 3.32. The fourth-order valence-corrected chi connectivity index (χ4v) is 3.95. The first-order chi connectivity index (χ1) is 9.42. The second-order valence-corrected chi connectivity index (χ2v) is 5.73. The minimum Gasteiger partial charge on any atom is -0.345 e. The van der Waals surface area contributed by atoms with Gasteiger partial charge in [0.1, 0.15) is 5.65 Å². The summed E-state index contributed by atoms with van der Waals surface area (Å²) in [6.07, 6.45) is 5.99. The van der Waals surface area contributed by atoms with Crippen molar-refractivity contribution in [2.24, 2.45) is 0 Å². The lowest BCUT2D eigenvalue weighted by Gasteiger charge is -1.97. The summed E-state index contributed by atoms with van der Waals surface area (Å²) < 4.78 is 6.71. The molecule has 5 heteroatoms. The Morgan fingerprint density at radius 2 is 1.89 bits per heavy atom. The number of nitrogens with zero attached hydrogens (tertiary/aromatic N) is 2. The Labute approximate surface area is 111 Å². The van der Waals surface area contributed by atoms with Crippen LogP contribution >= 0.6 is 11.3 Å². The second-order valence-electron chi connectivity index (χ2n) is 4.65. The van der Waals surface area contributed by atoms with E-state index in [4.69, 9.17) is 0 Å². The van der Waals surface area contributed by atoms with Crippen LogP contribution in [-0.2, 0) is 0 Å². The highest BCUT2D eigenvalue weighted by atomic mass is 32.1. The number of hydrogen-bond donors (Lipinski definition) is 2. The van der Waals surface area contributed by atoms with Crippen LogP contribution in [0.1, 0.15) is 0 Å². The van der Waals surface area contributed by atoms with Gasteiger partial charge in [0.15, 0.2) is 0 Å². The molecule has 0 saturated heterocycles. The van der Waals surface area contributed by atoms with Gasteiger partial charge in [0.2, 0.25) is 0 Å². The Hall–Kier alpha value is -2.40. The quantitative estimate of drug-likeness (QED) is 0.428. The zero-order valence-corrected chi connectivity index (χ0v) is 10.7. The Morgan fingerprint density at radius 1 is 0.947 bits per heavy atom. The van der Waals surface area contributed by atoms with E-state index < -0.39 is 0 Å². The third-order valence-corrected chi connectivity index (χ3v) is 4.70. The van der Waals surface area contributed by atoms with Gasteiger partial charge in [-0.2, -0.15) is 0 Å². The number of fused-ring (bicyclic) bond motifs is 2. The van der Waals surface area contributed by atoms with Crippen molar-refractivity contribution < 1.29 is 0 Å². The number of imidazole rings is 1. The van der Waals surface area contributed by atoms with Crippen molar-refractivity contribution in [3.63, 3.8) is 0 Å². The molecule has 0 aliphatic heterocycles. The molecule has 0 radical (unpaired) electrons. The highest BCUT2D eigenvalue weighted by Crippen LogP contribution is 2.36. The molecular weight excluding hydrogens is 256 g/mol. The average molecular weight is 266 g/mol. The van der Waals surface area contributed by atoms with E-state index in [0.717, 1.165) is 5.65 Å². The molecule has 0 amide bonds. The van der Waals surface area contributed by atoms with Gasteiger partial charge >= 0.3 is 0 Å². The van der Waals surface area contributed by atoms with E-state index >= 15 is 0 Å². The van der Waals surface area contributed by atoms with Gasteiger partial charge < -0.3 is 4.98 Å². The van der Waals surface area contributed by atoms with Crippen LogP contribution in [0.2, 0.25) is 0 Å². The lowest BCUT2D eigenvalue weighted by molar-refractivity contribution is 0.772. The molecule has 0 bridgehead atoms. The van der Waals surface area contributed by atoms with Crippen LogP contribution in [0.15, 0.2) is 48.9 Å². The molecule has 5 rings (SSSR count). The van der Waals surface area contributed by atoms with Crippen LogP contribution in [0.3, 0.4) is 0 Å². The highest BCUT2D eigenvalue weighted by Gasteiger charge is 2.11. The first-order valence-electron chi connectivity index (χ1n) is 6.14. The summed E-state index contributed by atoms with van der Waals surface area (Å²) in [5.41, 5.74) is 2.32. The topological polar surface area (TPSA) is 40.4 Å². The molecule has 4 nitrogen and oxygen atoms in total. The molecule has 0 aliphatic rings. The second kappa shape index (κ2) is 3.13. The van der Waals surface area contributed by atoms with Crippen molar-refractivity contribution in [2.45, 2.75) is 0 Å². The van der Waals surface area contributed by atoms with Crippen LogP contribution in [0.25, 0.3) is 31.3 Å². The van der Waals surface area contributed by atoms with Crippen molar-refractivity contribution >= 4 is 42.7 Å². The maximum absolute atomic E-state index is 3.39. The Kier molecular flexibility index (Phi) is 1.57. The number of nitrogens with one attached hydrogen (secondary N) is 2.